The van der Waals surface area contributed by atoms with Gasteiger partial charge in [-0.3, -0.25) is 14.4 Å². The predicted octanol–water partition coefficient (Wildman–Crippen LogP) is 11.5. The summed E-state index contributed by atoms with van der Waals surface area (Å²) in [5, 5.41) is 0. The Morgan fingerprint density at radius 2 is 0.737 bits per heavy atom. The lowest BCUT2D eigenvalue weighted by atomic mass is 10.0. The van der Waals surface area contributed by atoms with Crippen LogP contribution in [0.1, 0.15) is 25.0 Å². The van der Waals surface area contributed by atoms with Gasteiger partial charge in [-0.15, -0.1) is 0 Å². The van der Waals surface area contributed by atoms with Crippen molar-refractivity contribution in [2.45, 2.75) is 26.7 Å². The third kappa shape index (κ3) is 11.0. The molecule has 6 aromatic carbocycles. The van der Waals surface area contributed by atoms with Crippen LogP contribution in [0.15, 0.2) is 166 Å². The number of methoxy groups -OCH3 is 3. The van der Waals surface area contributed by atoms with Gasteiger partial charge in [0.1, 0.15) is 5.75 Å². The third-order valence-electron chi connectivity index (χ3n) is 13.0. The van der Waals surface area contributed by atoms with Gasteiger partial charge in [0, 0.05) is 40.7 Å². The van der Waals surface area contributed by atoms with E-state index in [1.807, 2.05) is 115 Å². The average Bonchev–Trinajstić information content (AvgIpc) is 4.26. The lowest BCUT2D eigenvalue weighted by Crippen LogP contribution is -2.06. The highest BCUT2D eigenvalue weighted by Crippen LogP contribution is 2.40. The molecule has 0 saturated heterocycles. The SMILES string of the molecule is CCc1ccc(-c2cc(-c3ccc4c(c3)OCO4)cc(=O)[nH]2)c(OC)c1.CCc1ccc(-c2cc(-c3ccc4c(c3)OCO4)cc(=O)[nH]2)cc1.COc1ccc(-c2cc(-c3ccc4c(c3)OCO4)cc(=O)[nH]2)cc1OC. The van der Waals surface area contributed by atoms with Crippen LogP contribution in [-0.4, -0.2) is 56.7 Å². The first-order valence-electron chi connectivity index (χ1n) is 24.5. The van der Waals surface area contributed by atoms with Gasteiger partial charge in [-0.1, -0.05) is 62.4 Å². The minimum absolute atomic E-state index is 0.125. The van der Waals surface area contributed by atoms with Gasteiger partial charge in [-0.2, -0.15) is 0 Å². The summed E-state index contributed by atoms with van der Waals surface area (Å²) in [6.07, 6.45) is 1.92. The summed E-state index contributed by atoms with van der Waals surface area (Å²) in [5.74, 6) is 6.20. The van der Waals surface area contributed by atoms with Crippen molar-refractivity contribution in [2.75, 3.05) is 41.7 Å². The molecule has 0 atom stereocenters. The number of pyridine rings is 3. The van der Waals surface area contributed by atoms with E-state index in [-0.39, 0.29) is 37.1 Å². The zero-order chi connectivity index (χ0) is 52.7. The molecule has 0 spiro atoms. The Kier molecular flexibility index (Phi) is 14.6. The van der Waals surface area contributed by atoms with Crippen LogP contribution in [0.2, 0.25) is 0 Å². The molecule has 3 N–H and O–H groups in total. The van der Waals surface area contributed by atoms with Gasteiger partial charge < -0.3 is 57.6 Å². The molecule has 0 saturated carbocycles. The molecule has 76 heavy (non-hydrogen) atoms. The summed E-state index contributed by atoms with van der Waals surface area (Å²) in [6, 6.07) is 47.3. The van der Waals surface area contributed by atoms with Crippen molar-refractivity contribution in [2.24, 2.45) is 0 Å². The Morgan fingerprint density at radius 1 is 0.342 bits per heavy atom. The zero-order valence-electron chi connectivity index (χ0n) is 42.4. The fraction of sp³-hybridized carbons (Fsp3) is 0.164. The molecule has 0 fully saturated rings. The fourth-order valence-corrected chi connectivity index (χ4v) is 8.92. The van der Waals surface area contributed by atoms with Gasteiger partial charge >= 0.3 is 0 Å². The number of H-pyrrole nitrogens is 3. The van der Waals surface area contributed by atoms with Crippen LogP contribution < -0.4 is 59.3 Å². The summed E-state index contributed by atoms with van der Waals surface area (Å²) < 4.78 is 48.5. The lowest BCUT2D eigenvalue weighted by molar-refractivity contribution is 0.173. The molecule has 3 aliphatic rings. The van der Waals surface area contributed by atoms with Gasteiger partial charge in [0.15, 0.2) is 46.0 Å². The Labute approximate surface area is 437 Å². The Hall–Kier alpha value is -9.63. The van der Waals surface area contributed by atoms with Gasteiger partial charge in [0.2, 0.25) is 37.1 Å². The van der Waals surface area contributed by atoms with Crippen molar-refractivity contribution < 1.29 is 42.6 Å². The van der Waals surface area contributed by atoms with Crippen LogP contribution in [0, 0.1) is 0 Å². The van der Waals surface area contributed by atoms with Crippen molar-refractivity contribution >= 4 is 0 Å². The lowest BCUT2D eigenvalue weighted by Gasteiger charge is -2.12. The minimum atomic E-state index is -0.190. The van der Waals surface area contributed by atoms with E-state index in [2.05, 4.69) is 40.9 Å². The second-order valence-corrected chi connectivity index (χ2v) is 17.7. The van der Waals surface area contributed by atoms with Crippen molar-refractivity contribution in [3.05, 3.63) is 194 Å². The molecule has 3 aliphatic heterocycles. The van der Waals surface area contributed by atoms with Crippen molar-refractivity contribution in [1.82, 2.24) is 15.0 Å². The highest BCUT2D eigenvalue weighted by atomic mass is 16.7. The minimum Gasteiger partial charge on any atom is -0.496 e. The fourth-order valence-electron chi connectivity index (χ4n) is 8.92. The van der Waals surface area contributed by atoms with Crippen LogP contribution in [0.3, 0.4) is 0 Å². The number of aryl methyl sites for hydroxylation is 2. The molecular weight excluding hydrogens is 967 g/mol. The summed E-state index contributed by atoms with van der Waals surface area (Å²) >= 11 is 0. The van der Waals surface area contributed by atoms with E-state index in [9.17, 15) is 14.4 Å². The number of aromatic nitrogens is 3. The molecular formula is C61H53N3O12. The number of hydrogen-bond donors (Lipinski definition) is 3. The van der Waals surface area contributed by atoms with Gasteiger partial charge in [0.05, 0.1) is 27.0 Å². The molecule has 0 bridgehead atoms. The van der Waals surface area contributed by atoms with Crippen LogP contribution in [0.5, 0.6) is 51.7 Å². The first-order chi connectivity index (χ1) is 37.1. The number of aromatic amines is 3. The maximum absolute atomic E-state index is 12.3. The van der Waals surface area contributed by atoms with Crippen LogP contribution in [0.4, 0.5) is 0 Å². The first-order valence-corrected chi connectivity index (χ1v) is 24.5. The Balaban J connectivity index is 0.000000130. The second kappa shape index (κ2) is 22.2. The van der Waals surface area contributed by atoms with E-state index in [1.165, 1.54) is 11.1 Å². The monoisotopic (exact) mass is 1020 g/mol. The predicted molar refractivity (Wildman–Crippen MR) is 291 cm³/mol. The maximum Gasteiger partial charge on any atom is 0.249 e. The molecule has 384 valence electrons. The molecule has 0 amide bonds. The van der Waals surface area contributed by atoms with E-state index in [4.69, 9.17) is 42.6 Å². The van der Waals surface area contributed by atoms with E-state index < -0.39 is 0 Å². The number of benzene rings is 6. The standard InChI is InChI=1S/C21H19NO4.C20H17NO5.C20H17NO3/c1-3-13-4-6-16(19(8-13)24-2)17-9-15(11-21(23)22-17)14-5-7-18-20(10-14)26-12-25-18;1-23-16-5-4-13(9-18(16)24-2)15-7-14(10-20(22)21-15)12-3-6-17-19(8-12)26-11-25-17;1-2-13-3-5-14(6-4-13)17-9-16(11-20(22)21-17)15-7-8-18-19(10-15)24-12-23-18/h4-11H,3,12H2,1-2H3,(H,22,23);3-10H,11H2,1-2H3,(H,21,22);3-11H,2,12H2,1H3,(H,21,22). The third-order valence-corrected chi connectivity index (χ3v) is 13.0. The molecule has 15 heteroatoms. The summed E-state index contributed by atoms with van der Waals surface area (Å²) in [5.41, 5.74) is 12.0. The average molecular weight is 1020 g/mol. The quantitative estimate of drug-likeness (QED) is 0.112. The number of nitrogens with one attached hydrogen (secondary N) is 3. The number of hydrogen-bond acceptors (Lipinski definition) is 12. The summed E-state index contributed by atoms with van der Waals surface area (Å²) in [6.45, 7) is 4.89. The van der Waals surface area contributed by atoms with E-state index in [1.54, 1.807) is 45.6 Å². The van der Waals surface area contributed by atoms with E-state index >= 15 is 0 Å². The molecule has 15 nitrogen and oxygen atoms in total. The molecule has 6 heterocycles. The van der Waals surface area contributed by atoms with Gasteiger partial charge in [0.25, 0.3) is 0 Å². The van der Waals surface area contributed by atoms with Crippen LogP contribution in [0.25, 0.3) is 67.2 Å². The summed E-state index contributed by atoms with van der Waals surface area (Å²) in [7, 11) is 4.80. The largest absolute Gasteiger partial charge is 0.496 e. The number of rotatable bonds is 11. The topological polar surface area (TPSA) is 182 Å². The van der Waals surface area contributed by atoms with E-state index in [0.29, 0.717) is 45.9 Å². The first kappa shape index (κ1) is 49.9. The van der Waals surface area contributed by atoms with Crippen LogP contribution in [-0.2, 0) is 12.8 Å². The molecule has 0 aliphatic carbocycles. The maximum atomic E-state index is 12.3. The Bertz CT molecular complexity index is 3770. The molecule has 9 aromatic rings. The molecule has 0 radical (unpaired) electrons. The van der Waals surface area contributed by atoms with E-state index in [0.717, 1.165) is 85.9 Å². The van der Waals surface area contributed by atoms with Crippen LogP contribution >= 0.6 is 0 Å². The van der Waals surface area contributed by atoms with Crippen molar-refractivity contribution in [1.29, 1.82) is 0 Å². The highest BCUT2D eigenvalue weighted by Gasteiger charge is 2.19. The number of fused-ring (bicyclic) bond motifs is 3. The molecule has 0 unspecified atom stereocenters. The smallest absolute Gasteiger partial charge is 0.249 e. The van der Waals surface area contributed by atoms with Crippen molar-refractivity contribution in [3.8, 4) is 119 Å². The number of ether oxygens (including phenoxy) is 9. The summed E-state index contributed by atoms with van der Waals surface area (Å²) in [4.78, 5) is 45.3. The molecule has 3 aromatic heterocycles. The van der Waals surface area contributed by atoms with Crippen molar-refractivity contribution in [3.63, 3.8) is 0 Å². The zero-order valence-corrected chi connectivity index (χ0v) is 42.4. The molecule has 12 rings (SSSR count). The normalized spacial score (nSPS) is 12.2. The highest BCUT2D eigenvalue weighted by molar-refractivity contribution is 5.77. The Morgan fingerprint density at radius 3 is 1.20 bits per heavy atom. The second-order valence-electron chi connectivity index (χ2n) is 17.7. The van der Waals surface area contributed by atoms with Gasteiger partial charge in [-0.25, -0.2) is 0 Å². The van der Waals surface area contributed by atoms with Gasteiger partial charge in [-0.05, 0) is 148 Å².